The summed E-state index contributed by atoms with van der Waals surface area (Å²) in [6, 6.07) is 15.6. The molecule has 3 heterocycles. The molecule has 1 fully saturated rings. The van der Waals surface area contributed by atoms with E-state index in [2.05, 4.69) is 98.3 Å². The third-order valence-corrected chi connectivity index (χ3v) is 6.72. The molecule has 0 bridgehead atoms. The lowest BCUT2D eigenvalue weighted by molar-refractivity contribution is 0.305. The van der Waals surface area contributed by atoms with Crippen LogP contribution in [0.1, 0.15) is 107 Å². The summed E-state index contributed by atoms with van der Waals surface area (Å²) in [5, 5.41) is 1.33. The van der Waals surface area contributed by atoms with E-state index in [4.69, 9.17) is 0 Å². The Labute approximate surface area is 245 Å². The number of nitrogens with zero attached hydrogens (tertiary/aromatic N) is 3. The van der Waals surface area contributed by atoms with Gasteiger partial charge in [-0.25, -0.2) is 0 Å². The van der Waals surface area contributed by atoms with Crippen LogP contribution in [0.2, 0.25) is 0 Å². The molecule has 3 nitrogen and oxygen atoms in total. The molecule has 5 rings (SSSR count). The fourth-order valence-electron chi connectivity index (χ4n) is 4.59. The van der Waals surface area contributed by atoms with E-state index in [0.29, 0.717) is 0 Å². The summed E-state index contributed by atoms with van der Waals surface area (Å²) in [5.74, 6) is 1.81. The topological polar surface area (TPSA) is 13.1 Å². The van der Waals surface area contributed by atoms with Crippen LogP contribution in [-0.2, 0) is 14.1 Å². The molecule has 0 spiro atoms. The molecule has 3 unspecified atom stereocenters. The number of hydrogen-bond acceptors (Lipinski definition) is 1. The monoisotopic (exact) mass is 542 g/mol. The highest BCUT2D eigenvalue weighted by atomic mass is 15.2. The van der Waals surface area contributed by atoms with Crippen molar-refractivity contribution in [3.8, 4) is 0 Å². The third kappa shape index (κ3) is 13.5. The second-order valence-electron chi connectivity index (χ2n) is 8.89. The van der Waals surface area contributed by atoms with Crippen molar-refractivity contribution >= 4 is 10.9 Å². The van der Waals surface area contributed by atoms with Crippen LogP contribution >= 0.6 is 0 Å². The molecule has 39 heavy (non-hydrogen) atoms. The van der Waals surface area contributed by atoms with Gasteiger partial charge in [0, 0.05) is 56.0 Å². The van der Waals surface area contributed by atoms with Gasteiger partial charge in [0.25, 0.3) is 0 Å². The van der Waals surface area contributed by atoms with E-state index in [1.807, 2.05) is 88.5 Å². The molecular formula is C36H67N3. The van der Waals surface area contributed by atoms with E-state index < -0.39 is 0 Å². The fraction of sp³-hybridized carbons (Fsp3) is 0.611. The number of benzene rings is 1. The molecule has 0 saturated heterocycles. The first-order chi connectivity index (χ1) is 18.8. The van der Waals surface area contributed by atoms with E-state index in [1.54, 1.807) is 0 Å². The Bertz CT molecular complexity index is 960. The van der Waals surface area contributed by atoms with E-state index in [1.165, 1.54) is 40.8 Å². The van der Waals surface area contributed by atoms with Gasteiger partial charge < -0.3 is 14.0 Å². The van der Waals surface area contributed by atoms with Gasteiger partial charge in [-0.3, -0.25) is 0 Å². The van der Waals surface area contributed by atoms with Crippen molar-refractivity contribution < 1.29 is 0 Å². The summed E-state index contributed by atoms with van der Waals surface area (Å²) in [7, 11) is 6.36. The van der Waals surface area contributed by atoms with Crippen LogP contribution in [0.4, 0.5) is 0 Å². The second-order valence-corrected chi connectivity index (χ2v) is 8.89. The van der Waals surface area contributed by atoms with E-state index in [-0.39, 0.29) is 0 Å². The molecule has 226 valence electrons. The van der Waals surface area contributed by atoms with Crippen molar-refractivity contribution in [3.63, 3.8) is 0 Å². The molecule has 3 atom stereocenters. The number of para-hydroxylation sites is 1. The number of fused-ring (bicyclic) bond motifs is 2. The minimum atomic E-state index is 0.838. The zero-order chi connectivity index (χ0) is 31.1. The number of rotatable bonds is 0. The van der Waals surface area contributed by atoms with Crippen molar-refractivity contribution in [2.24, 2.45) is 25.9 Å². The lowest BCUT2D eigenvalue weighted by Gasteiger charge is -2.23. The second kappa shape index (κ2) is 24.6. The Kier molecular flexibility index (Phi) is 25.9. The van der Waals surface area contributed by atoms with Crippen molar-refractivity contribution in [1.29, 1.82) is 0 Å². The zero-order valence-electron chi connectivity index (χ0n) is 29.2. The van der Waals surface area contributed by atoms with Gasteiger partial charge in [0.2, 0.25) is 0 Å². The molecule has 3 heteroatoms. The Balaban J connectivity index is -0.000000436. The van der Waals surface area contributed by atoms with Crippen LogP contribution < -0.4 is 0 Å². The summed E-state index contributed by atoms with van der Waals surface area (Å²) in [6.45, 7) is 28.8. The molecule has 1 aromatic carbocycles. The van der Waals surface area contributed by atoms with E-state index in [9.17, 15) is 0 Å². The van der Waals surface area contributed by atoms with Crippen LogP contribution in [0.15, 0.2) is 60.4 Å². The molecule has 2 aromatic heterocycles. The molecule has 1 aliphatic carbocycles. The van der Waals surface area contributed by atoms with Gasteiger partial charge in [0.1, 0.15) is 0 Å². The molecule has 2 aliphatic rings. The van der Waals surface area contributed by atoms with Crippen LogP contribution in [-0.4, -0.2) is 27.1 Å². The van der Waals surface area contributed by atoms with Crippen LogP contribution in [0.25, 0.3) is 10.9 Å². The maximum absolute atomic E-state index is 2.45. The largest absolute Gasteiger partial charge is 0.375 e. The predicted molar refractivity (Wildman–Crippen MR) is 182 cm³/mol. The molecule has 1 saturated carbocycles. The fourth-order valence-corrected chi connectivity index (χ4v) is 4.59. The van der Waals surface area contributed by atoms with Gasteiger partial charge >= 0.3 is 0 Å². The van der Waals surface area contributed by atoms with Crippen LogP contribution in [0.3, 0.4) is 0 Å². The van der Waals surface area contributed by atoms with Gasteiger partial charge in [-0.05, 0) is 75.1 Å². The summed E-state index contributed by atoms with van der Waals surface area (Å²) in [5.41, 5.74) is 5.41. The van der Waals surface area contributed by atoms with Gasteiger partial charge in [-0.15, -0.1) is 0 Å². The summed E-state index contributed by atoms with van der Waals surface area (Å²) < 4.78 is 4.29. The minimum Gasteiger partial charge on any atom is -0.375 e. The first kappa shape index (κ1) is 41.1. The average Bonchev–Trinajstić information content (AvgIpc) is 3.71. The lowest BCUT2D eigenvalue weighted by Crippen LogP contribution is -2.26. The summed E-state index contributed by atoms with van der Waals surface area (Å²) >= 11 is 0. The van der Waals surface area contributed by atoms with Gasteiger partial charge in [0.05, 0.1) is 0 Å². The number of aromatic nitrogens is 2. The first-order valence-electron chi connectivity index (χ1n) is 15.8. The van der Waals surface area contributed by atoms with Gasteiger partial charge in [-0.1, -0.05) is 100 Å². The summed E-state index contributed by atoms with van der Waals surface area (Å²) in [4.78, 5) is 2.45. The highest BCUT2D eigenvalue weighted by Crippen LogP contribution is 2.40. The maximum Gasteiger partial charge on any atom is 0.0479 e. The van der Waals surface area contributed by atoms with Crippen molar-refractivity contribution in [2.45, 2.75) is 116 Å². The molecular weight excluding hydrogens is 474 g/mol. The third-order valence-electron chi connectivity index (χ3n) is 6.72. The first-order valence-corrected chi connectivity index (χ1v) is 15.8. The number of aryl methyl sites for hydroxylation is 4. The maximum atomic E-state index is 2.45. The predicted octanol–water partition coefficient (Wildman–Crippen LogP) is 11.2. The Morgan fingerprint density at radius 3 is 1.62 bits per heavy atom. The molecule has 1 aliphatic heterocycles. The van der Waals surface area contributed by atoms with Gasteiger partial charge in [-0.2, -0.15) is 0 Å². The van der Waals surface area contributed by atoms with Crippen LogP contribution in [0, 0.1) is 25.7 Å². The van der Waals surface area contributed by atoms with Crippen molar-refractivity contribution in [2.75, 3.05) is 7.05 Å². The standard InChI is InChI=1S/C10H17N.C10H11N.C6H9N.5C2H6/c1-7-4-9-6-8(2)11(3)10(9)5-7;1-8-7-9-5-3-4-6-10(9)11(8)2;1-6-4-3-5-7(6)2;5*1-2/h6-7,9-10H,4-5H2,1-3H3;3-7H,1-2H3;3-5H,1-2H3;5*1-2H3. The zero-order valence-corrected chi connectivity index (χ0v) is 29.2. The smallest absolute Gasteiger partial charge is 0.0479 e. The highest BCUT2D eigenvalue weighted by molar-refractivity contribution is 5.80. The molecule has 0 amide bonds. The van der Waals surface area contributed by atoms with Crippen molar-refractivity contribution in [1.82, 2.24) is 14.0 Å². The van der Waals surface area contributed by atoms with E-state index in [0.717, 1.165) is 17.9 Å². The average molecular weight is 542 g/mol. The lowest BCUT2D eigenvalue weighted by atomic mass is 10.1. The summed E-state index contributed by atoms with van der Waals surface area (Å²) in [6.07, 6.45) is 7.30. The Morgan fingerprint density at radius 1 is 0.667 bits per heavy atom. The Hall–Kier alpha value is -2.42. The molecule has 0 radical (unpaired) electrons. The quantitative estimate of drug-likeness (QED) is 0.276. The van der Waals surface area contributed by atoms with Crippen LogP contribution in [0.5, 0.6) is 0 Å². The highest BCUT2D eigenvalue weighted by Gasteiger charge is 2.37. The van der Waals surface area contributed by atoms with Gasteiger partial charge in [0.15, 0.2) is 0 Å². The SMILES string of the molecule is CC.CC.CC.CC.CC.CC1=CC2CC(C)CC2N1C.Cc1cc2ccccc2n1C.Cc1cccn1C. The van der Waals surface area contributed by atoms with E-state index >= 15 is 0 Å². The normalized spacial score (nSPS) is 17.5. The number of hydrogen-bond donors (Lipinski definition) is 0. The number of allylic oxidation sites excluding steroid dienone is 1. The Morgan fingerprint density at radius 2 is 1.21 bits per heavy atom. The molecule has 3 aromatic rings. The molecule has 0 N–H and O–H groups in total. The van der Waals surface area contributed by atoms with Crippen molar-refractivity contribution in [3.05, 3.63) is 71.8 Å². The minimum absolute atomic E-state index is 0.838.